The van der Waals surface area contributed by atoms with Crippen LogP contribution < -0.4 is 20.8 Å². The van der Waals surface area contributed by atoms with Crippen LogP contribution in [0, 0.1) is 11.6 Å². The molecule has 0 atom stereocenters. The van der Waals surface area contributed by atoms with Crippen molar-refractivity contribution in [1.82, 2.24) is 0 Å². The Kier molecular flexibility index (Phi) is 3.73. The van der Waals surface area contributed by atoms with E-state index >= 15 is 0 Å². The first-order chi connectivity index (χ1) is 11.7. The molecule has 0 aliphatic carbocycles. The van der Waals surface area contributed by atoms with Gasteiger partial charge in [-0.3, -0.25) is 0 Å². The van der Waals surface area contributed by atoms with Gasteiger partial charge in [0.15, 0.2) is 0 Å². The van der Waals surface area contributed by atoms with Crippen LogP contribution >= 0.6 is 0 Å². The first-order valence-corrected chi connectivity index (χ1v) is 7.83. The van der Waals surface area contributed by atoms with Gasteiger partial charge in [-0.2, -0.15) is 0 Å². The van der Waals surface area contributed by atoms with Crippen LogP contribution in [0.2, 0.25) is 0 Å². The van der Waals surface area contributed by atoms with Crippen LogP contribution in [0.4, 0.5) is 20.2 Å². The van der Waals surface area contributed by atoms with Gasteiger partial charge < -0.3 is 9.84 Å². The number of hydrazine groups is 1. The number of rotatable bonds is 2. The van der Waals surface area contributed by atoms with Gasteiger partial charge in [0.25, 0.3) is 14.8 Å². The van der Waals surface area contributed by atoms with Crippen LogP contribution in [-0.2, 0) is 0 Å². The van der Waals surface area contributed by atoms with Gasteiger partial charge >= 0.3 is 0 Å². The Labute approximate surface area is 140 Å². The van der Waals surface area contributed by atoms with Crippen molar-refractivity contribution in [2.45, 2.75) is 0 Å². The first-order valence-electron chi connectivity index (χ1n) is 7.83. The van der Waals surface area contributed by atoms with Gasteiger partial charge in [-0.1, -0.05) is 35.2 Å². The molecule has 0 aromatic heterocycles. The number of nitrogens with zero attached hydrogens (tertiary/aromatic N) is 2. The fourth-order valence-corrected chi connectivity index (χ4v) is 3.05. The minimum Gasteiger partial charge on any atom is -0.341 e. The fourth-order valence-electron chi connectivity index (χ4n) is 3.05. The zero-order valence-corrected chi connectivity index (χ0v) is 13.0. The number of hydrogen-bond acceptors (Lipinski definition) is 2. The molecule has 2 nitrogen and oxygen atoms in total. The van der Waals surface area contributed by atoms with E-state index in [2.05, 4.69) is 22.0 Å². The molecule has 1 heterocycles. The van der Waals surface area contributed by atoms with Crippen LogP contribution in [0.1, 0.15) is 0 Å². The maximum Gasteiger partial charge on any atom is 0.294 e. The van der Waals surface area contributed by atoms with Gasteiger partial charge in [0.2, 0.25) is 0 Å². The summed E-state index contributed by atoms with van der Waals surface area (Å²) in [5.74, 6) is -0.519. The minimum absolute atomic E-state index is 0.260. The summed E-state index contributed by atoms with van der Waals surface area (Å²) in [5, 5.41) is 0. The van der Waals surface area contributed by atoms with Crippen molar-refractivity contribution in [2.24, 2.45) is 0 Å². The molecule has 4 rings (SSSR count). The molecule has 0 saturated carbocycles. The van der Waals surface area contributed by atoms with E-state index in [1.165, 1.54) is 35.2 Å². The Hall–Kier alpha value is -2.75. The van der Waals surface area contributed by atoms with E-state index < -0.39 is 0 Å². The standard InChI is InChI=1S/C18H14B2F2N2/c21-13-5-9-15(10-6-13)23-19-17-3-1-2-4-18(17)20-24(23)16-11-7-14(22)8-12-16/h1-12,19-20H. The van der Waals surface area contributed by atoms with E-state index in [-0.39, 0.29) is 11.6 Å². The lowest BCUT2D eigenvalue weighted by molar-refractivity contribution is 0.627. The molecule has 0 spiro atoms. The summed E-state index contributed by atoms with van der Waals surface area (Å²) in [7, 11) is 1.36. The lowest BCUT2D eigenvalue weighted by Crippen LogP contribution is -2.63. The Balaban J connectivity index is 1.78. The van der Waals surface area contributed by atoms with Gasteiger partial charge in [-0.15, -0.1) is 0 Å². The van der Waals surface area contributed by atoms with Gasteiger partial charge in [-0.05, 0) is 48.5 Å². The summed E-state index contributed by atoms with van der Waals surface area (Å²) >= 11 is 0. The topological polar surface area (TPSA) is 6.48 Å². The maximum absolute atomic E-state index is 13.3. The van der Waals surface area contributed by atoms with Crippen molar-refractivity contribution in [3.8, 4) is 0 Å². The van der Waals surface area contributed by atoms with Gasteiger partial charge in [0.05, 0.1) is 0 Å². The van der Waals surface area contributed by atoms with E-state index in [1.807, 2.05) is 12.1 Å². The predicted octanol–water partition coefficient (Wildman–Crippen LogP) is 1.86. The summed E-state index contributed by atoms with van der Waals surface area (Å²) in [4.78, 5) is 4.18. The average molecular weight is 318 g/mol. The van der Waals surface area contributed by atoms with Crippen LogP contribution in [0.5, 0.6) is 0 Å². The Bertz CT molecular complexity index is 781. The highest BCUT2D eigenvalue weighted by Crippen LogP contribution is 2.23. The molecule has 0 fully saturated rings. The van der Waals surface area contributed by atoms with E-state index in [0.717, 1.165) is 11.4 Å². The minimum atomic E-state index is -0.260. The lowest BCUT2D eigenvalue weighted by Gasteiger charge is -2.42. The summed E-state index contributed by atoms with van der Waals surface area (Å²) in [6.07, 6.45) is 0. The quantitative estimate of drug-likeness (QED) is 0.666. The smallest absolute Gasteiger partial charge is 0.294 e. The predicted molar refractivity (Wildman–Crippen MR) is 97.8 cm³/mol. The molecule has 6 heteroatoms. The molecule has 0 N–H and O–H groups in total. The monoisotopic (exact) mass is 318 g/mol. The number of halogens is 2. The number of anilines is 2. The molecule has 116 valence electrons. The number of benzene rings is 3. The molecule has 1 aliphatic rings. The Morgan fingerprint density at radius 2 is 0.917 bits per heavy atom. The molecule has 24 heavy (non-hydrogen) atoms. The van der Waals surface area contributed by atoms with E-state index in [9.17, 15) is 8.78 Å². The highest BCUT2D eigenvalue weighted by atomic mass is 19.1. The van der Waals surface area contributed by atoms with Crippen molar-refractivity contribution in [2.75, 3.05) is 9.84 Å². The van der Waals surface area contributed by atoms with Crippen molar-refractivity contribution in [3.05, 3.63) is 84.4 Å². The zero-order chi connectivity index (χ0) is 16.5. The molecule has 3 aromatic carbocycles. The van der Waals surface area contributed by atoms with E-state index in [1.54, 1.807) is 24.3 Å². The largest absolute Gasteiger partial charge is 0.341 e. The molecule has 0 radical (unpaired) electrons. The second kappa shape index (κ2) is 6.04. The van der Waals surface area contributed by atoms with Gasteiger partial charge in [0.1, 0.15) is 11.6 Å². The average Bonchev–Trinajstić information content (AvgIpc) is 2.62. The van der Waals surface area contributed by atoms with Crippen molar-refractivity contribution >= 4 is 37.1 Å². The second-order valence-corrected chi connectivity index (χ2v) is 5.84. The van der Waals surface area contributed by atoms with E-state index in [4.69, 9.17) is 0 Å². The van der Waals surface area contributed by atoms with Gasteiger partial charge in [-0.25, -0.2) is 8.78 Å². The van der Waals surface area contributed by atoms with Crippen LogP contribution in [-0.4, -0.2) is 14.8 Å². The van der Waals surface area contributed by atoms with Crippen LogP contribution in [0.25, 0.3) is 0 Å². The van der Waals surface area contributed by atoms with Crippen LogP contribution in [0.3, 0.4) is 0 Å². The normalized spacial score (nSPS) is 13.1. The van der Waals surface area contributed by atoms with Gasteiger partial charge in [0, 0.05) is 11.4 Å². The number of fused-ring (bicyclic) bond motifs is 1. The SMILES string of the molecule is Fc1ccc(N2Bc3ccccc3BN2c2ccc(F)cc2)cc1. The Morgan fingerprint density at radius 1 is 0.542 bits per heavy atom. The lowest BCUT2D eigenvalue weighted by atomic mass is 9.63. The summed E-state index contributed by atoms with van der Waals surface area (Å²) in [6.45, 7) is 0. The third kappa shape index (κ3) is 2.75. The first kappa shape index (κ1) is 14.8. The van der Waals surface area contributed by atoms with E-state index in [0.29, 0.717) is 14.8 Å². The second-order valence-electron chi connectivity index (χ2n) is 5.84. The molecular weight excluding hydrogens is 304 g/mol. The molecule has 0 bridgehead atoms. The molecule has 0 unspecified atom stereocenters. The third-order valence-corrected chi connectivity index (χ3v) is 4.30. The summed E-state index contributed by atoms with van der Waals surface area (Å²) in [5.41, 5.74) is 4.27. The van der Waals surface area contributed by atoms with Crippen LogP contribution in [0.15, 0.2) is 72.8 Å². The zero-order valence-electron chi connectivity index (χ0n) is 13.0. The molecular formula is C18H14B2F2N2. The fraction of sp³-hybridized carbons (Fsp3) is 0. The maximum atomic E-state index is 13.3. The highest BCUT2D eigenvalue weighted by molar-refractivity contribution is 6.76. The van der Waals surface area contributed by atoms with Crippen molar-refractivity contribution < 1.29 is 8.78 Å². The Morgan fingerprint density at radius 3 is 1.29 bits per heavy atom. The highest BCUT2D eigenvalue weighted by Gasteiger charge is 2.27. The third-order valence-electron chi connectivity index (χ3n) is 4.30. The van der Waals surface area contributed by atoms with Crippen molar-refractivity contribution in [1.29, 1.82) is 0 Å². The summed E-state index contributed by atoms with van der Waals surface area (Å²) in [6, 6.07) is 21.1. The molecule has 0 amide bonds. The van der Waals surface area contributed by atoms with Crippen molar-refractivity contribution in [3.63, 3.8) is 0 Å². The number of hydrogen-bond donors (Lipinski definition) is 0. The molecule has 1 aliphatic heterocycles. The molecule has 3 aromatic rings. The summed E-state index contributed by atoms with van der Waals surface area (Å²) < 4.78 is 26.6. The molecule has 0 saturated heterocycles.